The van der Waals surface area contributed by atoms with Crippen LogP contribution in [0.2, 0.25) is 0 Å². The van der Waals surface area contributed by atoms with Crippen LogP contribution in [0, 0.1) is 11.3 Å². The second-order valence-electron chi connectivity index (χ2n) is 10.1. The molecule has 2 fully saturated rings. The topological polar surface area (TPSA) is 85.3 Å². The van der Waals surface area contributed by atoms with Crippen LogP contribution in [0.3, 0.4) is 0 Å². The molecule has 172 valence electrons. The van der Waals surface area contributed by atoms with Gasteiger partial charge in [-0.25, -0.2) is 8.42 Å². The van der Waals surface area contributed by atoms with E-state index in [0.717, 1.165) is 17.7 Å². The van der Waals surface area contributed by atoms with E-state index in [2.05, 4.69) is 11.0 Å². The fourth-order valence-corrected chi connectivity index (χ4v) is 10.3. The summed E-state index contributed by atoms with van der Waals surface area (Å²) in [6.07, 6.45) is 7.27. The Balaban J connectivity index is 1.73. The number of hydrogen-bond acceptors (Lipinski definition) is 7. The van der Waals surface area contributed by atoms with E-state index >= 15 is 0 Å². The molecule has 2 bridgehead atoms. The maximum Gasteiger partial charge on any atom is 0.166 e. The van der Waals surface area contributed by atoms with E-state index in [1.54, 1.807) is 14.2 Å². The van der Waals surface area contributed by atoms with Gasteiger partial charge in [-0.05, 0) is 38.7 Å². The van der Waals surface area contributed by atoms with Crippen LogP contribution in [0.4, 0.5) is 0 Å². The van der Waals surface area contributed by atoms with Crippen LogP contribution in [0.5, 0.6) is 11.5 Å². The first-order valence-corrected chi connectivity index (χ1v) is 12.8. The van der Waals surface area contributed by atoms with Gasteiger partial charge in [-0.2, -0.15) is 0 Å². The van der Waals surface area contributed by atoms with E-state index < -0.39 is 49.6 Å². The van der Waals surface area contributed by atoms with Crippen molar-refractivity contribution in [3.05, 3.63) is 41.5 Å². The number of allylic oxidation sites excluding steroid dienone is 2. The molecule has 6 aliphatic rings. The average Bonchev–Trinajstić information content (AvgIpc) is 3.26. The maximum atomic E-state index is 13.6. The zero-order valence-electron chi connectivity index (χ0n) is 18.7. The van der Waals surface area contributed by atoms with Crippen molar-refractivity contribution in [3.8, 4) is 11.5 Å². The van der Waals surface area contributed by atoms with E-state index in [0.29, 0.717) is 17.9 Å². The van der Waals surface area contributed by atoms with Crippen LogP contribution >= 0.6 is 0 Å². The number of ether oxygens (including phenoxy) is 3. The van der Waals surface area contributed by atoms with Gasteiger partial charge < -0.3 is 24.2 Å². The number of aliphatic hydroxyl groups excluding tert-OH is 1. The van der Waals surface area contributed by atoms with Crippen LogP contribution in [0.15, 0.2) is 30.4 Å². The molecule has 8 heteroatoms. The van der Waals surface area contributed by atoms with Crippen molar-refractivity contribution in [2.45, 2.75) is 34.9 Å². The molecule has 7 rings (SSSR count). The quantitative estimate of drug-likeness (QED) is 0.667. The minimum absolute atomic E-state index is 0.251. The molecule has 1 N–H and O–H groups in total. The molecule has 0 aromatic heterocycles. The Labute approximate surface area is 188 Å². The minimum atomic E-state index is -3.58. The average molecular weight is 460 g/mol. The monoisotopic (exact) mass is 459 g/mol. The summed E-state index contributed by atoms with van der Waals surface area (Å²) in [5.41, 5.74) is -0.526. The first-order valence-electron chi connectivity index (χ1n) is 11.1. The molecular weight excluding hydrogens is 430 g/mol. The number of rotatable bonds is 5. The highest BCUT2D eigenvalue weighted by Gasteiger charge is 2.82. The van der Waals surface area contributed by atoms with E-state index in [1.807, 2.05) is 44.5 Å². The molecule has 7 atom stereocenters. The van der Waals surface area contributed by atoms with Crippen molar-refractivity contribution in [2.75, 3.05) is 40.6 Å². The second-order valence-corrected chi connectivity index (χ2v) is 12.3. The summed E-state index contributed by atoms with van der Waals surface area (Å²) in [4.78, 5) is 2.11. The van der Waals surface area contributed by atoms with Crippen LogP contribution in [-0.4, -0.2) is 82.1 Å². The normalized spacial score (nSPS) is 43.3. The van der Waals surface area contributed by atoms with Crippen molar-refractivity contribution < 1.29 is 27.7 Å². The third-order valence-corrected chi connectivity index (χ3v) is 10.9. The number of methoxy groups -OCH3 is 2. The third-order valence-electron chi connectivity index (χ3n) is 8.67. The number of sulfone groups is 1. The Kier molecular flexibility index (Phi) is 3.99. The lowest BCUT2D eigenvalue weighted by molar-refractivity contribution is -0.187. The summed E-state index contributed by atoms with van der Waals surface area (Å²) < 4.78 is 45.8. The molecular formula is C24H29NO6S. The number of hydrogen-bond donors (Lipinski definition) is 1. The van der Waals surface area contributed by atoms with Gasteiger partial charge in [0, 0.05) is 24.0 Å². The summed E-state index contributed by atoms with van der Waals surface area (Å²) in [5.74, 6) is 0.442. The van der Waals surface area contributed by atoms with Gasteiger partial charge in [0.05, 0.1) is 29.6 Å². The Morgan fingerprint density at radius 3 is 2.69 bits per heavy atom. The van der Waals surface area contributed by atoms with Crippen LogP contribution in [0.25, 0.3) is 6.08 Å². The van der Waals surface area contributed by atoms with E-state index in [4.69, 9.17) is 14.2 Å². The highest BCUT2D eigenvalue weighted by molar-refractivity contribution is 7.92. The van der Waals surface area contributed by atoms with E-state index in [9.17, 15) is 13.5 Å². The van der Waals surface area contributed by atoms with Gasteiger partial charge in [0.2, 0.25) is 0 Å². The summed E-state index contributed by atoms with van der Waals surface area (Å²) >= 11 is 0. The van der Waals surface area contributed by atoms with Gasteiger partial charge in [-0.3, -0.25) is 0 Å². The SMILES string of the molecule is COc1ccc2c3c1O[C@H]1[C@@]4(OC)C=C[C@](C=C2)([C@@H]2[C@H]4[C@H](O)CS2(=O)=O)[C@@]31CCN(C)C. The molecule has 4 aliphatic carbocycles. The van der Waals surface area contributed by atoms with Gasteiger partial charge >= 0.3 is 0 Å². The number of benzene rings is 1. The Morgan fingerprint density at radius 1 is 1.22 bits per heavy atom. The summed E-state index contributed by atoms with van der Waals surface area (Å²) in [5, 5.41) is 10.3. The van der Waals surface area contributed by atoms with E-state index in [1.165, 1.54) is 0 Å². The lowest BCUT2D eigenvalue weighted by atomic mass is 9.40. The second kappa shape index (κ2) is 6.17. The predicted molar refractivity (Wildman–Crippen MR) is 120 cm³/mol. The number of aliphatic hydroxyl groups is 1. The van der Waals surface area contributed by atoms with E-state index in [-0.39, 0.29) is 5.75 Å². The Hall–Kier alpha value is -1.87. The van der Waals surface area contributed by atoms with Crippen molar-refractivity contribution in [1.82, 2.24) is 4.90 Å². The first-order chi connectivity index (χ1) is 15.2. The third kappa shape index (κ3) is 2.02. The molecule has 1 spiro atoms. The molecule has 0 radical (unpaired) electrons. The zero-order chi connectivity index (χ0) is 22.7. The standard InChI is InChI=1S/C24H29NO6S/c1-25(2)12-11-23-17-14-5-6-16(29-3)19(17)31-21(23)24(30-4)10-9-22(23,8-7-14)20-18(24)15(26)13-32(20,27)28/h5-10,15,18,20-21,26H,11-13H2,1-4H3/t15-,18-,20+,21-,22-,23+,24-/m1/s1. The number of nitrogens with zero attached hydrogens (tertiary/aromatic N) is 1. The van der Waals surface area contributed by atoms with Crippen molar-refractivity contribution in [1.29, 1.82) is 0 Å². The minimum Gasteiger partial charge on any atom is -0.493 e. The van der Waals surface area contributed by atoms with Crippen LogP contribution < -0.4 is 9.47 Å². The van der Waals surface area contributed by atoms with Gasteiger partial charge in [-0.1, -0.05) is 30.4 Å². The molecule has 0 unspecified atom stereocenters. The van der Waals surface area contributed by atoms with Crippen molar-refractivity contribution >= 4 is 15.9 Å². The molecule has 1 saturated heterocycles. The molecule has 7 nitrogen and oxygen atoms in total. The highest BCUT2D eigenvalue weighted by atomic mass is 32.2. The van der Waals surface area contributed by atoms with Gasteiger partial charge in [0.25, 0.3) is 0 Å². The molecule has 0 amide bonds. The van der Waals surface area contributed by atoms with Gasteiger partial charge in [0.1, 0.15) is 11.7 Å². The van der Waals surface area contributed by atoms with Crippen molar-refractivity contribution in [3.63, 3.8) is 0 Å². The molecule has 1 saturated carbocycles. The molecule has 2 aliphatic heterocycles. The summed E-state index contributed by atoms with van der Waals surface area (Å²) in [6, 6.07) is 3.92. The smallest absolute Gasteiger partial charge is 0.166 e. The van der Waals surface area contributed by atoms with Crippen molar-refractivity contribution in [2.24, 2.45) is 11.3 Å². The Morgan fingerprint density at radius 2 is 2.00 bits per heavy atom. The highest BCUT2D eigenvalue weighted by Crippen LogP contribution is 2.74. The van der Waals surface area contributed by atoms with Gasteiger partial charge in [0.15, 0.2) is 21.3 Å². The first kappa shape index (κ1) is 20.7. The van der Waals surface area contributed by atoms with Crippen LogP contribution in [0.1, 0.15) is 17.5 Å². The molecule has 2 heterocycles. The van der Waals surface area contributed by atoms with Gasteiger partial charge in [-0.15, -0.1) is 0 Å². The fraction of sp³-hybridized carbons (Fsp3) is 0.583. The zero-order valence-corrected chi connectivity index (χ0v) is 19.6. The largest absolute Gasteiger partial charge is 0.493 e. The fourth-order valence-electron chi connectivity index (χ4n) is 7.58. The summed E-state index contributed by atoms with van der Waals surface area (Å²) in [6.45, 7) is 0.749. The lowest BCUT2D eigenvalue weighted by Crippen LogP contribution is -2.77. The van der Waals surface area contributed by atoms with Crippen LogP contribution in [-0.2, 0) is 20.0 Å². The predicted octanol–water partition coefficient (Wildman–Crippen LogP) is 1.40. The molecule has 32 heavy (non-hydrogen) atoms. The lowest BCUT2D eigenvalue weighted by Gasteiger charge is -2.66. The molecule has 1 aromatic rings. The maximum absolute atomic E-state index is 13.6. The summed E-state index contributed by atoms with van der Waals surface area (Å²) in [7, 11) is 3.67. The Bertz CT molecular complexity index is 1180. The molecule has 1 aromatic carbocycles.